The number of likely N-dealkylation sites (N-methyl/N-ethyl adjacent to an activating group) is 2. The van der Waals surface area contributed by atoms with Crippen molar-refractivity contribution in [1.29, 1.82) is 0 Å². The van der Waals surface area contributed by atoms with Gasteiger partial charge in [0.1, 0.15) is 0 Å². The molecule has 0 saturated carbocycles. The molecule has 5 heterocycles. The van der Waals surface area contributed by atoms with Crippen molar-refractivity contribution in [1.82, 2.24) is 9.80 Å². The Kier molecular flexibility index (Phi) is 4.67. The summed E-state index contributed by atoms with van der Waals surface area (Å²) in [7, 11) is 3.60. The quantitative estimate of drug-likeness (QED) is 0.447. The van der Waals surface area contributed by atoms with Crippen LogP contribution in [0, 0.1) is 13.8 Å². The Morgan fingerprint density at radius 1 is 0.586 bits per heavy atom. The summed E-state index contributed by atoms with van der Waals surface area (Å²) in [5.74, 6) is -0.119. The van der Waals surface area contributed by atoms with Crippen molar-refractivity contribution in [2.45, 2.75) is 13.8 Å². The first-order chi connectivity index (χ1) is 13.9. The number of rotatable bonds is 3. The van der Waals surface area contributed by atoms with Crippen LogP contribution in [0.5, 0.6) is 0 Å². The minimum atomic E-state index is -0.0593. The second-order valence-electron chi connectivity index (χ2n) is 7.16. The van der Waals surface area contributed by atoms with Crippen molar-refractivity contribution in [3.8, 4) is 8.87 Å². The van der Waals surface area contributed by atoms with Crippen molar-refractivity contribution < 1.29 is 9.59 Å². The number of amides is 2. The molecule has 0 unspecified atom stereocenters. The van der Waals surface area contributed by atoms with Crippen LogP contribution in [0.25, 0.3) is 20.3 Å². The standard InChI is InChI=1S/C22H18N2O2Se3/c1-11-5-7-13(27-11)14-9-10-16(29-14)20-18-17(21(25)24(20)4)19(23(3)22(18)26)15-8-6-12(2)28-15/h5-10H,1-4H3. The third-order valence-electron chi connectivity index (χ3n) is 5.23. The number of aryl methyl sites for hydroxylation is 2. The van der Waals surface area contributed by atoms with E-state index in [-0.39, 0.29) is 40.8 Å². The third-order valence-corrected chi connectivity index (χ3v) is 12.5. The van der Waals surface area contributed by atoms with Gasteiger partial charge in [0.25, 0.3) is 0 Å². The van der Waals surface area contributed by atoms with E-state index in [1.165, 1.54) is 17.7 Å². The molecule has 2 aliphatic rings. The summed E-state index contributed by atoms with van der Waals surface area (Å²) in [5, 5.41) is 0. The second kappa shape index (κ2) is 6.99. The predicted molar refractivity (Wildman–Crippen MR) is 118 cm³/mol. The summed E-state index contributed by atoms with van der Waals surface area (Å²) >= 11 is 0.672. The van der Waals surface area contributed by atoms with E-state index in [9.17, 15) is 9.59 Å². The molecule has 4 nitrogen and oxygen atoms in total. The van der Waals surface area contributed by atoms with Crippen LogP contribution in [-0.4, -0.2) is 79.2 Å². The maximum absolute atomic E-state index is 13.2. The van der Waals surface area contributed by atoms with Gasteiger partial charge in [-0.25, -0.2) is 0 Å². The molecule has 146 valence electrons. The van der Waals surface area contributed by atoms with Crippen LogP contribution in [0.4, 0.5) is 0 Å². The average molecular weight is 579 g/mol. The zero-order valence-corrected chi connectivity index (χ0v) is 21.5. The van der Waals surface area contributed by atoms with Crippen molar-refractivity contribution >= 4 is 66.7 Å². The molecule has 3 aromatic heterocycles. The first kappa shape index (κ1) is 19.4. The van der Waals surface area contributed by atoms with Crippen molar-refractivity contribution in [3.63, 3.8) is 0 Å². The zero-order valence-electron chi connectivity index (χ0n) is 16.4. The van der Waals surface area contributed by atoms with E-state index in [1.54, 1.807) is 23.9 Å². The van der Waals surface area contributed by atoms with Crippen LogP contribution < -0.4 is 0 Å². The van der Waals surface area contributed by atoms with E-state index in [4.69, 9.17) is 0 Å². The summed E-state index contributed by atoms with van der Waals surface area (Å²) in [5.41, 5.74) is 2.82. The molecule has 2 amide bonds. The number of nitrogens with zero attached hydrogens (tertiary/aromatic N) is 2. The van der Waals surface area contributed by atoms with Crippen molar-refractivity contribution in [2.75, 3.05) is 14.1 Å². The van der Waals surface area contributed by atoms with Gasteiger partial charge in [0, 0.05) is 0 Å². The minimum absolute atomic E-state index is 0.0593. The van der Waals surface area contributed by atoms with E-state index in [1.807, 2.05) is 0 Å². The van der Waals surface area contributed by atoms with Gasteiger partial charge in [0.15, 0.2) is 0 Å². The summed E-state index contributed by atoms with van der Waals surface area (Å²) in [6.45, 7) is 4.28. The molecule has 0 atom stereocenters. The van der Waals surface area contributed by atoms with Gasteiger partial charge in [-0.05, 0) is 0 Å². The van der Waals surface area contributed by atoms with Gasteiger partial charge in [0.2, 0.25) is 0 Å². The molecule has 0 N–H and O–H groups in total. The van der Waals surface area contributed by atoms with E-state index in [2.05, 4.69) is 50.2 Å². The Balaban J connectivity index is 1.68. The van der Waals surface area contributed by atoms with Crippen LogP contribution >= 0.6 is 0 Å². The topological polar surface area (TPSA) is 40.6 Å². The first-order valence-corrected chi connectivity index (χ1v) is 14.3. The van der Waals surface area contributed by atoms with E-state index in [0.717, 1.165) is 20.3 Å². The number of carbonyl (C=O) groups is 2. The van der Waals surface area contributed by atoms with Crippen molar-refractivity contribution in [3.05, 3.63) is 65.3 Å². The first-order valence-electron chi connectivity index (χ1n) is 9.15. The maximum atomic E-state index is 13.2. The SMILES string of the molecule is Cc1ccc(C2=C3C(=O)N(C)C(c4ccc(-c5ccc(C)[se]5)[se]4)=C3C(=O)N2C)[se]1. The number of hydrogen-bond donors (Lipinski definition) is 0. The van der Waals surface area contributed by atoms with Crippen LogP contribution in [0.3, 0.4) is 0 Å². The molecule has 0 spiro atoms. The van der Waals surface area contributed by atoms with Crippen LogP contribution in [0.15, 0.2) is 47.5 Å². The van der Waals surface area contributed by atoms with Crippen molar-refractivity contribution in [2.24, 2.45) is 0 Å². The summed E-state index contributed by atoms with van der Waals surface area (Å²) in [6.07, 6.45) is 0. The van der Waals surface area contributed by atoms with Crippen LogP contribution in [-0.2, 0) is 9.59 Å². The molecule has 3 aromatic rings. The van der Waals surface area contributed by atoms with Gasteiger partial charge in [-0.1, -0.05) is 0 Å². The molecular formula is C22H18N2O2Se3. The van der Waals surface area contributed by atoms with E-state index in [0.29, 0.717) is 25.6 Å². The Morgan fingerprint density at radius 2 is 0.966 bits per heavy atom. The molecule has 29 heavy (non-hydrogen) atoms. The van der Waals surface area contributed by atoms with Gasteiger partial charge < -0.3 is 0 Å². The second-order valence-corrected chi connectivity index (χ2v) is 14.8. The molecule has 0 saturated heterocycles. The Hall–Kier alpha value is -1.58. The summed E-state index contributed by atoms with van der Waals surface area (Å²) < 4.78 is 7.77. The molecule has 2 aliphatic heterocycles. The normalized spacial score (nSPS) is 16.7. The van der Waals surface area contributed by atoms with Gasteiger partial charge >= 0.3 is 188 Å². The molecule has 0 radical (unpaired) electrons. The number of fused-ring (bicyclic) bond motifs is 1. The van der Waals surface area contributed by atoms with Gasteiger partial charge in [-0.15, -0.1) is 0 Å². The number of carbonyl (C=O) groups excluding carboxylic acids is 2. The van der Waals surface area contributed by atoms with Gasteiger partial charge in [-0.2, -0.15) is 0 Å². The van der Waals surface area contributed by atoms with Crippen LogP contribution in [0.2, 0.25) is 0 Å². The Morgan fingerprint density at radius 3 is 1.45 bits per heavy atom. The van der Waals surface area contributed by atoms with E-state index < -0.39 is 0 Å². The van der Waals surface area contributed by atoms with Gasteiger partial charge in [0.05, 0.1) is 0 Å². The van der Waals surface area contributed by atoms with E-state index >= 15 is 0 Å². The molecule has 0 fully saturated rings. The molecular weight excluding hydrogens is 561 g/mol. The predicted octanol–water partition coefficient (Wildman–Crippen LogP) is 2.21. The Labute approximate surface area is 187 Å². The number of hydrogen-bond acceptors (Lipinski definition) is 2. The van der Waals surface area contributed by atoms with Gasteiger partial charge in [-0.3, -0.25) is 0 Å². The molecule has 0 aliphatic carbocycles. The van der Waals surface area contributed by atoms with Crippen LogP contribution in [0.1, 0.15) is 17.7 Å². The molecule has 0 aromatic carbocycles. The average Bonchev–Trinajstić information content (AvgIpc) is 3.48. The third kappa shape index (κ3) is 2.92. The zero-order chi connectivity index (χ0) is 20.4. The monoisotopic (exact) mass is 582 g/mol. The Bertz CT molecular complexity index is 1250. The molecule has 7 heteroatoms. The summed E-state index contributed by atoms with van der Waals surface area (Å²) in [4.78, 5) is 29.8. The fourth-order valence-corrected chi connectivity index (χ4v) is 10.5. The summed E-state index contributed by atoms with van der Waals surface area (Å²) in [6, 6.07) is 12.9. The molecule has 5 rings (SSSR count). The molecule has 0 bridgehead atoms. The fourth-order valence-electron chi connectivity index (χ4n) is 3.83. The fraction of sp³-hybridized carbons (Fsp3) is 0.182.